The topological polar surface area (TPSA) is 30.9 Å². The fourth-order valence-corrected chi connectivity index (χ4v) is 2.68. The maximum absolute atomic E-state index is 5.73. The van der Waals surface area contributed by atoms with Crippen molar-refractivity contribution in [1.82, 2.24) is 0 Å². The van der Waals surface area contributed by atoms with E-state index in [0.29, 0.717) is 0 Å². The Bertz CT molecular complexity index is 388. The third-order valence-corrected chi connectivity index (χ3v) is 3.78. The van der Waals surface area contributed by atoms with Crippen LogP contribution < -0.4 is 9.64 Å². The lowest BCUT2D eigenvalue weighted by molar-refractivity contribution is -0.169. The molecule has 4 nitrogen and oxygen atoms in total. The molecule has 3 rings (SSSR count). The van der Waals surface area contributed by atoms with E-state index < -0.39 is 0 Å². The van der Waals surface area contributed by atoms with Crippen LogP contribution >= 0.6 is 0 Å². The summed E-state index contributed by atoms with van der Waals surface area (Å²) < 4.78 is 16.6. The number of hydrogen-bond donors (Lipinski definition) is 0. The zero-order chi connectivity index (χ0) is 12.4. The van der Waals surface area contributed by atoms with E-state index in [9.17, 15) is 0 Å². The smallest absolute Gasteiger partial charge is 0.171 e. The fraction of sp³-hybridized carbons (Fsp3) is 0.571. The summed E-state index contributed by atoms with van der Waals surface area (Å²) in [5, 5.41) is 0. The van der Waals surface area contributed by atoms with Gasteiger partial charge < -0.3 is 19.1 Å². The maximum atomic E-state index is 5.73. The van der Waals surface area contributed by atoms with Crippen LogP contribution in [0, 0.1) is 0 Å². The van der Waals surface area contributed by atoms with Crippen molar-refractivity contribution >= 4 is 5.69 Å². The van der Waals surface area contributed by atoms with E-state index in [1.807, 2.05) is 12.1 Å². The summed E-state index contributed by atoms with van der Waals surface area (Å²) in [5.74, 6) is 0.609. The van der Waals surface area contributed by atoms with Crippen molar-refractivity contribution in [2.45, 2.75) is 18.6 Å². The van der Waals surface area contributed by atoms with E-state index in [-0.39, 0.29) is 5.79 Å². The van der Waals surface area contributed by atoms with Crippen LogP contribution in [0.25, 0.3) is 0 Å². The molecule has 0 amide bonds. The van der Waals surface area contributed by atoms with E-state index in [0.717, 1.165) is 44.9 Å². The molecule has 0 radical (unpaired) electrons. The summed E-state index contributed by atoms with van der Waals surface area (Å²) in [5.41, 5.74) is 1.24. The molecule has 0 aliphatic carbocycles. The quantitative estimate of drug-likeness (QED) is 0.802. The summed E-state index contributed by atoms with van der Waals surface area (Å²) in [7, 11) is 1.69. The third-order valence-electron chi connectivity index (χ3n) is 3.78. The van der Waals surface area contributed by atoms with Gasteiger partial charge in [0.25, 0.3) is 0 Å². The first-order valence-corrected chi connectivity index (χ1v) is 6.48. The number of benzene rings is 1. The van der Waals surface area contributed by atoms with Crippen LogP contribution in [0.15, 0.2) is 24.3 Å². The SMILES string of the molecule is COc1ccc(N2CCC3(CC2)OCCO3)cc1. The van der Waals surface area contributed by atoms with Gasteiger partial charge in [0.1, 0.15) is 5.75 Å². The molecular weight excluding hydrogens is 230 g/mol. The first-order chi connectivity index (χ1) is 8.81. The van der Waals surface area contributed by atoms with Gasteiger partial charge in [-0.15, -0.1) is 0 Å². The second-order valence-corrected chi connectivity index (χ2v) is 4.79. The Balaban J connectivity index is 1.64. The van der Waals surface area contributed by atoms with Crippen molar-refractivity contribution in [3.05, 3.63) is 24.3 Å². The number of piperidine rings is 1. The maximum Gasteiger partial charge on any atom is 0.171 e. The minimum Gasteiger partial charge on any atom is -0.497 e. The molecule has 98 valence electrons. The Morgan fingerprint density at radius 1 is 1.06 bits per heavy atom. The first kappa shape index (κ1) is 11.8. The minimum atomic E-state index is -0.289. The van der Waals surface area contributed by atoms with Crippen molar-refractivity contribution in [2.75, 3.05) is 38.3 Å². The van der Waals surface area contributed by atoms with Crippen LogP contribution in [0.5, 0.6) is 5.75 Å². The van der Waals surface area contributed by atoms with Crippen LogP contribution in [0.2, 0.25) is 0 Å². The highest BCUT2D eigenvalue weighted by molar-refractivity contribution is 5.49. The van der Waals surface area contributed by atoms with Crippen molar-refractivity contribution < 1.29 is 14.2 Å². The van der Waals surface area contributed by atoms with Crippen molar-refractivity contribution in [1.29, 1.82) is 0 Å². The highest BCUT2D eigenvalue weighted by Gasteiger charge is 2.39. The van der Waals surface area contributed by atoms with Crippen LogP contribution in [0.3, 0.4) is 0 Å². The molecule has 0 bridgehead atoms. The zero-order valence-corrected chi connectivity index (χ0v) is 10.7. The van der Waals surface area contributed by atoms with E-state index >= 15 is 0 Å². The molecule has 2 aliphatic rings. The molecule has 4 heteroatoms. The molecule has 0 atom stereocenters. The molecule has 2 saturated heterocycles. The molecule has 0 unspecified atom stereocenters. The highest BCUT2D eigenvalue weighted by atomic mass is 16.7. The molecule has 2 heterocycles. The summed E-state index contributed by atoms with van der Waals surface area (Å²) in [4.78, 5) is 2.37. The molecule has 1 aromatic rings. The monoisotopic (exact) mass is 249 g/mol. The summed E-state index contributed by atoms with van der Waals surface area (Å²) in [6, 6.07) is 8.21. The van der Waals surface area contributed by atoms with Crippen LogP contribution in [0.4, 0.5) is 5.69 Å². The Morgan fingerprint density at radius 3 is 2.22 bits per heavy atom. The van der Waals surface area contributed by atoms with Gasteiger partial charge in [-0.3, -0.25) is 0 Å². The highest BCUT2D eigenvalue weighted by Crippen LogP contribution is 2.33. The Labute approximate surface area is 107 Å². The summed E-state index contributed by atoms with van der Waals surface area (Å²) in [6.45, 7) is 3.43. The van der Waals surface area contributed by atoms with Gasteiger partial charge in [0.15, 0.2) is 5.79 Å². The second kappa shape index (κ2) is 4.78. The van der Waals surface area contributed by atoms with Gasteiger partial charge in [-0.1, -0.05) is 0 Å². The van der Waals surface area contributed by atoms with Gasteiger partial charge in [-0.25, -0.2) is 0 Å². The number of hydrogen-bond acceptors (Lipinski definition) is 4. The number of methoxy groups -OCH3 is 1. The van der Waals surface area contributed by atoms with Crippen molar-refractivity contribution in [3.8, 4) is 5.75 Å². The van der Waals surface area contributed by atoms with Gasteiger partial charge in [0.2, 0.25) is 0 Å². The molecule has 1 aromatic carbocycles. The lowest BCUT2D eigenvalue weighted by Crippen LogP contribution is -2.45. The molecule has 2 aliphatic heterocycles. The Morgan fingerprint density at radius 2 is 1.67 bits per heavy atom. The molecule has 0 saturated carbocycles. The van der Waals surface area contributed by atoms with Gasteiger partial charge in [0, 0.05) is 31.6 Å². The average molecular weight is 249 g/mol. The van der Waals surface area contributed by atoms with Crippen LogP contribution in [-0.2, 0) is 9.47 Å². The molecule has 2 fully saturated rings. The van der Waals surface area contributed by atoms with E-state index in [4.69, 9.17) is 14.2 Å². The van der Waals surface area contributed by atoms with Crippen LogP contribution in [-0.4, -0.2) is 39.2 Å². The molecule has 18 heavy (non-hydrogen) atoms. The predicted molar refractivity (Wildman–Crippen MR) is 69.1 cm³/mol. The Kier molecular flexibility index (Phi) is 3.14. The summed E-state index contributed by atoms with van der Waals surface area (Å²) >= 11 is 0. The van der Waals surface area contributed by atoms with Gasteiger partial charge >= 0.3 is 0 Å². The largest absolute Gasteiger partial charge is 0.497 e. The first-order valence-electron chi connectivity index (χ1n) is 6.48. The van der Waals surface area contributed by atoms with E-state index in [1.54, 1.807) is 7.11 Å². The zero-order valence-electron chi connectivity index (χ0n) is 10.7. The molecule has 1 spiro atoms. The molecule has 0 N–H and O–H groups in total. The standard InChI is InChI=1S/C14H19NO3/c1-16-13-4-2-12(3-5-13)15-8-6-14(7-9-15)17-10-11-18-14/h2-5H,6-11H2,1H3. The van der Waals surface area contributed by atoms with Crippen LogP contribution in [0.1, 0.15) is 12.8 Å². The van der Waals surface area contributed by atoms with Gasteiger partial charge in [0.05, 0.1) is 20.3 Å². The molecular formula is C14H19NO3. The number of nitrogens with zero attached hydrogens (tertiary/aromatic N) is 1. The van der Waals surface area contributed by atoms with Crippen molar-refractivity contribution in [3.63, 3.8) is 0 Å². The van der Waals surface area contributed by atoms with Gasteiger partial charge in [-0.2, -0.15) is 0 Å². The third kappa shape index (κ3) is 2.18. The molecule has 0 aromatic heterocycles. The minimum absolute atomic E-state index is 0.289. The fourth-order valence-electron chi connectivity index (χ4n) is 2.68. The lowest BCUT2D eigenvalue weighted by Gasteiger charge is -2.38. The lowest BCUT2D eigenvalue weighted by atomic mass is 10.0. The number of ether oxygens (including phenoxy) is 3. The second-order valence-electron chi connectivity index (χ2n) is 4.79. The number of rotatable bonds is 2. The predicted octanol–water partition coefficient (Wildman–Crippen LogP) is 2.04. The summed E-state index contributed by atoms with van der Waals surface area (Å²) in [6.07, 6.45) is 1.89. The average Bonchev–Trinajstić information content (AvgIpc) is 2.88. The van der Waals surface area contributed by atoms with Gasteiger partial charge in [-0.05, 0) is 24.3 Å². The van der Waals surface area contributed by atoms with E-state index in [2.05, 4.69) is 17.0 Å². The van der Waals surface area contributed by atoms with E-state index in [1.165, 1.54) is 5.69 Å². The number of anilines is 1. The normalized spacial score (nSPS) is 22.4. The Hall–Kier alpha value is -1.26. The van der Waals surface area contributed by atoms with Crippen molar-refractivity contribution in [2.24, 2.45) is 0 Å².